The molecule has 1 aliphatic heterocycles. The molecule has 7 nitrogen and oxygen atoms in total. The summed E-state index contributed by atoms with van der Waals surface area (Å²) in [5.74, 6) is -0.861. The highest BCUT2D eigenvalue weighted by Crippen LogP contribution is 2.61. The van der Waals surface area contributed by atoms with Crippen molar-refractivity contribution in [3.63, 3.8) is 0 Å². The fourth-order valence-corrected chi connectivity index (χ4v) is 4.42. The maximum Gasteiger partial charge on any atom is 0.408 e. The van der Waals surface area contributed by atoms with E-state index in [-0.39, 0.29) is 18.3 Å². The first-order valence-electron chi connectivity index (χ1n) is 9.81. The third-order valence-corrected chi connectivity index (χ3v) is 5.45. The molecule has 0 aromatic heterocycles. The predicted octanol–water partition coefficient (Wildman–Crippen LogP) is 4.34. The van der Waals surface area contributed by atoms with Crippen LogP contribution in [0, 0.1) is 11.8 Å². The summed E-state index contributed by atoms with van der Waals surface area (Å²) in [4.78, 5) is 39.7. The van der Waals surface area contributed by atoms with E-state index in [1.807, 2.05) is 13.8 Å². The lowest BCUT2D eigenvalue weighted by atomic mass is 10.0. The Hall–Kier alpha value is -1.18. The SMILES string of the molecule is COC1=CC(=O)N(C(=O)[C@@H](CC(C)C)NC(=O)OC(C)(C)C)C12CC2CC(Cl)(Cl)Cl. The second kappa shape index (κ2) is 8.75. The van der Waals surface area contributed by atoms with Crippen LogP contribution >= 0.6 is 34.8 Å². The zero-order valence-corrected chi connectivity index (χ0v) is 20.3. The highest BCUT2D eigenvalue weighted by Gasteiger charge is 2.69. The van der Waals surface area contributed by atoms with Crippen LogP contribution in [0.5, 0.6) is 0 Å². The molecule has 2 unspecified atom stereocenters. The summed E-state index contributed by atoms with van der Waals surface area (Å²) < 4.78 is 9.16. The number of rotatable bonds is 6. The van der Waals surface area contributed by atoms with Gasteiger partial charge in [-0.3, -0.25) is 14.5 Å². The van der Waals surface area contributed by atoms with Crippen LogP contribution in [-0.4, -0.2) is 50.9 Å². The van der Waals surface area contributed by atoms with Gasteiger partial charge in [0.25, 0.3) is 11.8 Å². The Kier molecular flexibility index (Phi) is 7.32. The summed E-state index contributed by atoms with van der Waals surface area (Å²) in [5, 5.41) is 2.62. The molecule has 1 fully saturated rings. The Morgan fingerprint density at radius 1 is 1.30 bits per heavy atom. The zero-order chi connectivity index (χ0) is 23.1. The van der Waals surface area contributed by atoms with E-state index < -0.39 is 38.9 Å². The molecule has 0 aromatic rings. The van der Waals surface area contributed by atoms with Gasteiger partial charge < -0.3 is 14.8 Å². The minimum atomic E-state index is -1.53. The van der Waals surface area contributed by atoms with E-state index in [4.69, 9.17) is 44.3 Å². The molecule has 30 heavy (non-hydrogen) atoms. The number of ether oxygens (including phenoxy) is 2. The summed E-state index contributed by atoms with van der Waals surface area (Å²) >= 11 is 17.9. The molecule has 1 saturated carbocycles. The fraction of sp³-hybridized carbons (Fsp3) is 0.750. The van der Waals surface area contributed by atoms with E-state index in [1.54, 1.807) is 20.8 Å². The quantitative estimate of drug-likeness (QED) is 0.568. The van der Waals surface area contributed by atoms with Gasteiger partial charge >= 0.3 is 6.09 Å². The van der Waals surface area contributed by atoms with Crippen LogP contribution in [0.15, 0.2) is 11.8 Å². The molecule has 10 heteroatoms. The van der Waals surface area contributed by atoms with Gasteiger partial charge in [0.1, 0.15) is 22.9 Å². The molecule has 1 aliphatic carbocycles. The first kappa shape index (κ1) is 25.1. The molecule has 0 saturated heterocycles. The van der Waals surface area contributed by atoms with Crippen LogP contribution in [-0.2, 0) is 19.1 Å². The van der Waals surface area contributed by atoms with E-state index in [1.165, 1.54) is 13.2 Å². The highest BCUT2D eigenvalue weighted by atomic mass is 35.6. The number of alkyl halides is 3. The average molecular weight is 484 g/mol. The predicted molar refractivity (Wildman–Crippen MR) is 115 cm³/mol. The Balaban J connectivity index is 2.29. The molecule has 2 aliphatic rings. The van der Waals surface area contributed by atoms with Crippen LogP contribution < -0.4 is 5.32 Å². The van der Waals surface area contributed by atoms with Crippen molar-refractivity contribution in [3.05, 3.63) is 11.8 Å². The monoisotopic (exact) mass is 482 g/mol. The summed E-state index contributed by atoms with van der Waals surface area (Å²) in [6.07, 6.45) is 1.48. The Bertz CT molecular complexity index is 742. The summed E-state index contributed by atoms with van der Waals surface area (Å²) in [6, 6.07) is -0.945. The average Bonchev–Trinajstić information content (AvgIpc) is 3.12. The summed E-state index contributed by atoms with van der Waals surface area (Å²) in [6.45, 7) is 9.02. The van der Waals surface area contributed by atoms with E-state index in [0.717, 1.165) is 4.90 Å². The number of hydrogen-bond acceptors (Lipinski definition) is 5. The Morgan fingerprint density at radius 2 is 1.90 bits per heavy atom. The Morgan fingerprint density at radius 3 is 2.37 bits per heavy atom. The number of carbonyl (C=O) groups excluding carboxylic acids is 3. The minimum Gasteiger partial charge on any atom is -0.498 e. The molecule has 170 valence electrons. The molecule has 3 atom stereocenters. The van der Waals surface area contributed by atoms with Crippen LogP contribution in [0.4, 0.5) is 4.79 Å². The number of nitrogens with zero attached hydrogens (tertiary/aromatic N) is 1. The molecule has 1 heterocycles. The van der Waals surface area contributed by atoms with Crippen LogP contribution in [0.2, 0.25) is 0 Å². The summed E-state index contributed by atoms with van der Waals surface area (Å²) in [5.41, 5.74) is -1.71. The van der Waals surface area contributed by atoms with E-state index in [9.17, 15) is 14.4 Å². The van der Waals surface area contributed by atoms with E-state index in [2.05, 4.69) is 5.32 Å². The first-order chi connectivity index (χ1) is 13.6. The second-order valence-electron chi connectivity index (χ2n) is 9.20. The van der Waals surface area contributed by atoms with Gasteiger partial charge in [0.2, 0.25) is 0 Å². The van der Waals surface area contributed by atoms with Gasteiger partial charge in [-0.05, 0) is 45.4 Å². The fourth-order valence-electron chi connectivity index (χ4n) is 3.86. The number of nitrogens with one attached hydrogen (secondary N) is 1. The molecule has 3 amide bonds. The highest BCUT2D eigenvalue weighted by molar-refractivity contribution is 6.67. The van der Waals surface area contributed by atoms with Gasteiger partial charge in [0, 0.05) is 12.5 Å². The van der Waals surface area contributed by atoms with Gasteiger partial charge in [-0.25, -0.2) is 4.79 Å². The molecular formula is C20H29Cl3N2O5. The standard InChI is InChI=1S/C20H29Cl3N2O5/c1-11(2)7-13(24-17(28)30-18(3,4)5)16(27)25-15(26)8-14(29-6)19(25)9-12(19)10-20(21,22)23/h8,11-13H,7,9-10H2,1-6H3,(H,24,28)/t12?,13-,19?/m1/s1. The van der Waals surface area contributed by atoms with Gasteiger partial charge in [0.05, 0.1) is 7.11 Å². The van der Waals surface area contributed by atoms with Crippen LogP contribution in [0.1, 0.15) is 53.9 Å². The molecule has 2 rings (SSSR count). The first-order valence-corrected chi connectivity index (χ1v) is 10.9. The third-order valence-electron chi connectivity index (χ3n) is 4.99. The molecule has 1 spiro atoms. The Labute approximate surface area is 192 Å². The van der Waals surface area contributed by atoms with Gasteiger partial charge in [-0.1, -0.05) is 48.7 Å². The lowest BCUT2D eigenvalue weighted by molar-refractivity contribution is -0.146. The number of hydrogen-bond donors (Lipinski definition) is 1. The molecule has 0 bridgehead atoms. The lowest BCUT2D eigenvalue weighted by Gasteiger charge is -2.31. The topological polar surface area (TPSA) is 84.9 Å². The number of amides is 3. The van der Waals surface area contributed by atoms with Crippen LogP contribution in [0.25, 0.3) is 0 Å². The maximum absolute atomic E-state index is 13.5. The third kappa shape index (κ3) is 5.74. The van der Waals surface area contributed by atoms with Crippen molar-refractivity contribution in [2.45, 2.75) is 74.9 Å². The van der Waals surface area contributed by atoms with Gasteiger partial charge in [0.15, 0.2) is 3.79 Å². The van der Waals surface area contributed by atoms with Crippen molar-refractivity contribution < 1.29 is 23.9 Å². The van der Waals surface area contributed by atoms with Crippen molar-refractivity contribution in [1.82, 2.24) is 10.2 Å². The smallest absolute Gasteiger partial charge is 0.408 e. The maximum atomic E-state index is 13.5. The van der Waals surface area contributed by atoms with Gasteiger partial charge in [-0.15, -0.1) is 0 Å². The molecular weight excluding hydrogens is 455 g/mol. The molecule has 1 N–H and O–H groups in total. The van der Waals surface area contributed by atoms with Crippen LogP contribution in [0.3, 0.4) is 0 Å². The number of alkyl carbamates (subject to hydrolysis) is 1. The van der Waals surface area contributed by atoms with Crippen molar-refractivity contribution in [2.75, 3.05) is 7.11 Å². The van der Waals surface area contributed by atoms with Crippen molar-refractivity contribution in [2.24, 2.45) is 11.8 Å². The van der Waals surface area contributed by atoms with Crippen molar-refractivity contribution in [1.29, 1.82) is 0 Å². The zero-order valence-electron chi connectivity index (χ0n) is 18.1. The molecule has 0 radical (unpaired) electrons. The van der Waals surface area contributed by atoms with E-state index in [0.29, 0.717) is 18.6 Å². The number of halogens is 3. The lowest BCUT2D eigenvalue weighted by Crippen LogP contribution is -2.54. The van der Waals surface area contributed by atoms with Crippen molar-refractivity contribution >= 4 is 52.7 Å². The van der Waals surface area contributed by atoms with Crippen molar-refractivity contribution in [3.8, 4) is 0 Å². The van der Waals surface area contributed by atoms with E-state index >= 15 is 0 Å². The normalized spacial score (nSPS) is 24.7. The summed E-state index contributed by atoms with van der Waals surface area (Å²) in [7, 11) is 1.43. The largest absolute Gasteiger partial charge is 0.498 e. The number of methoxy groups -OCH3 is 1. The number of imide groups is 1. The second-order valence-corrected chi connectivity index (χ2v) is 11.7. The van der Waals surface area contributed by atoms with Gasteiger partial charge in [-0.2, -0.15) is 0 Å². The minimum absolute atomic E-state index is 0.0774. The molecule has 0 aromatic carbocycles. The number of carbonyl (C=O) groups is 3.